The summed E-state index contributed by atoms with van der Waals surface area (Å²) in [6, 6.07) is 19.4. The minimum absolute atomic E-state index is 0.00380. The van der Waals surface area contributed by atoms with Crippen LogP contribution in [0.2, 0.25) is 5.02 Å². The van der Waals surface area contributed by atoms with E-state index in [2.05, 4.69) is 26.0 Å². The quantitative estimate of drug-likeness (QED) is 0.487. The zero-order chi connectivity index (χ0) is 20.9. The van der Waals surface area contributed by atoms with Crippen molar-refractivity contribution >= 4 is 54.8 Å². The van der Waals surface area contributed by atoms with Crippen LogP contribution in [-0.2, 0) is 14.8 Å². The highest BCUT2D eigenvalue weighted by Gasteiger charge is 2.15. The van der Waals surface area contributed by atoms with E-state index < -0.39 is 15.9 Å². The molecule has 0 bridgehead atoms. The van der Waals surface area contributed by atoms with Crippen molar-refractivity contribution in [3.8, 4) is 5.75 Å². The fourth-order valence-corrected chi connectivity index (χ4v) is 3.93. The Balaban J connectivity index is 1.65. The second kappa shape index (κ2) is 9.30. The molecule has 3 rings (SSSR count). The predicted molar refractivity (Wildman–Crippen MR) is 117 cm³/mol. The van der Waals surface area contributed by atoms with Crippen LogP contribution in [0.5, 0.6) is 5.75 Å². The molecule has 2 N–H and O–H groups in total. The number of hydrogen-bond donors (Lipinski definition) is 2. The van der Waals surface area contributed by atoms with Gasteiger partial charge in [-0.2, -0.15) is 0 Å². The molecule has 0 atom stereocenters. The Labute approximate surface area is 182 Å². The Kier molecular flexibility index (Phi) is 6.79. The Morgan fingerprint density at radius 3 is 2.38 bits per heavy atom. The van der Waals surface area contributed by atoms with Crippen LogP contribution in [0.15, 0.2) is 82.2 Å². The number of amides is 1. The highest BCUT2D eigenvalue weighted by atomic mass is 79.9. The Morgan fingerprint density at radius 2 is 1.66 bits per heavy atom. The molecule has 0 aromatic heterocycles. The highest BCUT2D eigenvalue weighted by Crippen LogP contribution is 2.21. The normalized spacial score (nSPS) is 11.0. The number of sulfonamides is 1. The standard InChI is InChI=1S/C20H16BrClN2O4S/c21-14-7-9-18(10-8-14)28-13-20(25)23-16-4-2-6-19(12-16)29(26,27)24-17-5-1-3-15(22)11-17/h1-12,24H,13H2,(H,23,25). The van der Waals surface area contributed by atoms with E-state index in [4.69, 9.17) is 16.3 Å². The lowest BCUT2D eigenvalue weighted by Crippen LogP contribution is -2.20. The van der Waals surface area contributed by atoms with E-state index in [1.807, 2.05) is 0 Å². The largest absolute Gasteiger partial charge is 0.484 e. The predicted octanol–water partition coefficient (Wildman–Crippen LogP) is 4.92. The summed E-state index contributed by atoms with van der Waals surface area (Å²) in [6.45, 7) is -0.209. The molecular weight excluding hydrogens is 480 g/mol. The summed E-state index contributed by atoms with van der Waals surface area (Å²) in [5, 5.41) is 3.04. The van der Waals surface area contributed by atoms with Gasteiger partial charge in [-0.1, -0.05) is 39.7 Å². The molecule has 0 aliphatic heterocycles. The zero-order valence-electron chi connectivity index (χ0n) is 14.9. The van der Waals surface area contributed by atoms with Crippen LogP contribution in [0, 0.1) is 0 Å². The van der Waals surface area contributed by atoms with Gasteiger partial charge in [-0.25, -0.2) is 8.42 Å². The summed E-state index contributed by atoms with van der Waals surface area (Å²) in [4.78, 5) is 12.1. The van der Waals surface area contributed by atoms with E-state index in [1.165, 1.54) is 24.3 Å². The average Bonchev–Trinajstić information content (AvgIpc) is 2.67. The van der Waals surface area contributed by atoms with Crippen molar-refractivity contribution in [2.45, 2.75) is 4.90 Å². The molecule has 29 heavy (non-hydrogen) atoms. The van der Waals surface area contributed by atoms with Crippen LogP contribution in [0.4, 0.5) is 11.4 Å². The lowest BCUT2D eigenvalue weighted by Gasteiger charge is -2.11. The number of carbonyl (C=O) groups is 1. The monoisotopic (exact) mass is 494 g/mol. The van der Waals surface area contributed by atoms with Crippen molar-refractivity contribution in [2.24, 2.45) is 0 Å². The van der Waals surface area contributed by atoms with E-state index in [1.54, 1.807) is 48.5 Å². The maximum atomic E-state index is 12.6. The molecule has 0 aliphatic rings. The topological polar surface area (TPSA) is 84.5 Å². The number of rotatable bonds is 7. The van der Waals surface area contributed by atoms with Gasteiger partial charge in [-0.15, -0.1) is 0 Å². The third-order valence-corrected chi connectivity index (χ3v) is 5.83. The summed E-state index contributed by atoms with van der Waals surface area (Å²) in [6.07, 6.45) is 0. The summed E-state index contributed by atoms with van der Waals surface area (Å²) in [5.41, 5.74) is 0.679. The molecular formula is C20H16BrClN2O4S. The Hall–Kier alpha value is -2.55. The number of hydrogen-bond acceptors (Lipinski definition) is 4. The molecule has 0 saturated heterocycles. The molecule has 0 radical (unpaired) electrons. The van der Waals surface area contributed by atoms with Crippen LogP contribution >= 0.6 is 27.5 Å². The van der Waals surface area contributed by atoms with Gasteiger partial charge in [-0.3, -0.25) is 9.52 Å². The average molecular weight is 496 g/mol. The molecule has 0 spiro atoms. The van der Waals surface area contributed by atoms with Gasteiger partial charge in [0.1, 0.15) is 5.75 Å². The van der Waals surface area contributed by atoms with E-state index in [0.717, 1.165) is 4.47 Å². The SMILES string of the molecule is O=C(COc1ccc(Br)cc1)Nc1cccc(S(=O)(=O)Nc2cccc(Cl)c2)c1. The van der Waals surface area contributed by atoms with Gasteiger partial charge in [0.2, 0.25) is 0 Å². The van der Waals surface area contributed by atoms with Gasteiger partial charge in [0.05, 0.1) is 10.6 Å². The van der Waals surface area contributed by atoms with Gasteiger partial charge in [-0.05, 0) is 60.7 Å². The van der Waals surface area contributed by atoms with Gasteiger partial charge in [0, 0.05) is 15.2 Å². The van der Waals surface area contributed by atoms with Crippen molar-refractivity contribution in [3.63, 3.8) is 0 Å². The van der Waals surface area contributed by atoms with Crippen molar-refractivity contribution in [2.75, 3.05) is 16.6 Å². The minimum Gasteiger partial charge on any atom is -0.484 e. The highest BCUT2D eigenvalue weighted by molar-refractivity contribution is 9.10. The molecule has 6 nitrogen and oxygen atoms in total. The number of carbonyl (C=O) groups excluding carboxylic acids is 1. The number of ether oxygens (including phenoxy) is 1. The van der Waals surface area contributed by atoms with E-state index in [9.17, 15) is 13.2 Å². The zero-order valence-corrected chi connectivity index (χ0v) is 18.1. The minimum atomic E-state index is -3.84. The van der Waals surface area contributed by atoms with Gasteiger partial charge in [0.15, 0.2) is 6.61 Å². The van der Waals surface area contributed by atoms with E-state index >= 15 is 0 Å². The first-order valence-electron chi connectivity index (χ1n) is 8.38. The first-order chi connectivity index (χ1) is 13.8. The van der Waals surface area contributed by atoms with Crippen LogP contribution < -0.4 is 14.8 Å². The summed E-state index contributed by atoms with van der Waals surface area (Å²) in [7, 11) is -3.84. The van der Waals surface area contributed by atoms with Crippen LogP contribution in [0.3, 0.4) is 0 Å². The molecule has 0 aliphatic carbocycles. The number of nitrogens with one attached hydrogen (secondary N) is 2. The van der Waals surface area contributed by atoms with Crippen LogP contribution in [0.25, 0.3) is 0 Å². The second-order valence-electron chi connectivity index (χ2n) is 5.93. The maximum Gasteiger partial charge on any atom is 0.262 e. The fourth-order valence-electron chi connectivity index (χ4n) is 2.38. The molecule has 0 unspecified atom stereocenters. The Bertz CT molecular complexity index is 1120. The first-order valence-corrected chi connectivity index (χ1v) is 11.0. The second-order valence-corrected chi connectivity index (χ2v) is 8.97. The third-order valence-electron chi connectivity index (χ3n) is 3.69. The van der Waals surface area contributed by atoms with Gasteiger partial charge < -0.3 is 10.1 Å². The molecule has 3 aromatic rings. The lowest BCUT2D eigenvalue weighted by atomic mass is 10.3. The number of anilines is 2. The summed E-state index contributed by atoms with van der Waals surface area (Å²) >= 11 is 9.21. The van der Waals surface area contributed by atoms with Crippen molar-refractivity contribution < 1.29 is 17.9 Å². The third kappa shape index (κ3) is 6.22. The number of halogens is 2. The maximum absolute atomic E-state index is 12.6. The molecule has 150 valence electrons. The molecule has 0 heterocycles. The van der Waals surface area contributed by atoms with Crippen LogP contribution in [-0.4, -0.2) is 20.9 Å². The van der Waals surface area contributed by atoms with Crippen LogP contribution in [0.1, 0.15) is 0 Å². The van der Waals surface area contributed by atoms with Crippen molar-refractivity contribution in [3.05, 3.63) is 82.3 Å². The molecule has 0 saturated carbocycles. The van der Waals surface area contributed by atoms with Crippen molar-refractivity contribution in [1.82, 2.24) is 0 Å². The number of benzene rings is 3. The van der Waals surface area contributed by atoms with E-state index in [-0.39, 0.29) is 11.5 Å². The summed E-state index contributed by atoms with van der Waals surface area (Å²) in [5.74, 6) is 0.135. The van der Waals surface area contributed by atoms with E-state index in [0.29, 0.717) is 22.1 Å². The molecule has 0 fully saturated rings. The smallest absolute Gasteiger partial charge is 0.262 e. The fraction of sp³-hybridized carbons (Fsp3) is 0.0500. The van der Waals surface area contributed by atoms with Crippen molar-refractivity contribution in [1.29, 1.82) is 0 Å². The van der Waals surface area contributed by atoms with Gasteiger partial charge in [0.25, 0.3) is 15.9 Å². The lowest BCUT2D eigenvalue weighted by molar-refractivity contribution is -0.118. The Morgan fingerprint density at radius 1 is 0.966 bits per heavy atom. The molecule has 1 amide bonds. The first kappa shape index (κ1) is 21.2. The van der Waals surface area contributed by atoms with Gasteiger partial charge >= 0.3 is 0 Å². The summed E-state index contributed by atoms with van der Waals surface area (Å²) < 4.78 is 33.9. The molecule has 9 heteroatoms. The molecule has 3 aromatic carbocycles.